The lowest BCUT2D eigenvalue weighted by molar-refractivity contribution is -0.126. The predicted molar refractivity (Wildman–Crippen MR) is 72.5 cm³/mol. The Kier molecular flexibility index (Phi) is 4.38. The zero-order valence-corrected chi connectivity index (χ0v) is 12.0. The van der Waals surface area contributed by atoms with E-state index in [1.165, 1.54) is 6.07 Å². The predicted octanol–water partition coefficient (Wildman–Crippen LogP) is 3.64. The van der Waals surface area contributed by atoms with Crippen molar-refractivity contribution in [3.63, 3.8) is 0 Å². The van der Waals surface area contributed by atoms with Crippen molar-refractivity contribution < 1.29 is 9.18 Å². The van der Waals surface area contributed by atoms with Crippen molar-refractivity contribution in [3.8, 4) is 0 Å². The lowest BCUT2D eigenvalue weighted by Crippen LogP contribution is -2.31. The van der Waals surface area contributed by atoms with Crippen LogP contribution in [0.25, 0.3) is 0 Å². The molecule has 4 heteroatoms. The summed E-state index contributed by atoms with van der Waals surface area (Å²) in [6.07, 6.45) is 3.18. The van der Waals surface area contributed by atoms with Crippen LogP contribution < -0.4 is 5.32 Å². The quantitative estimate of drug-likeness (QED) is 0.907. The van der Waals surface area contributed by atoms with E-state index in [0.717, 1.165) is 23.7 Å². The first kappa shape index (κ1) is 13.5. The van der Waals surface area contributed by atoms with E-state index in [1.54, 1.807) is 12.1 Å². The molecule has 2 nitrogen and oxygen atoms in total. The molecule has 2 rings (SSSR count). The molecule has 1 amide bonds. The maximum atomic E-state index is 13.5. The number of hydrogen-bond acceptors (Lipinski definition) is 1. The van der Waals surface area contributed by atoms with Gasteiger partial charge in [-0.1, -0.05) is 29.3 Å². The van der Waals surface area contributed by atoms with Crippen LogP contribution in [0, 0.1) is 17.7 Å². The Morgan fingerprint density at radius 3 is 2.94 bits per heavy atom. The highest BCUT2D eigenvalue weighted by atomic mass is 79.9. The fraction of sp³-hybridized carbons (Fsp3) is 0.500. The summed E-state index contributed by atoms with van der Waals surface area (Å²) in [5, 5.41) is 2.84. The second-order valence-electron chi connectivity index (χ2n) is 4.97. The Morgan fingerprint density at radius 2 is 2.28 bits per heavy atom. The molecule has 0 spiro atoms. The first-order chi connectivity index (χ1) is 8.58. The molecule has 0 bridgehead atoms. The van der Waals surface area contributed by atoms with Crippen LogP contribution in [0.2, 0.25) is 0 Å². The molecule has 1 aromatic carbocycles. The van der Waals surface area contributed by atoms with Crippen molar-refractivity contribution >= 4 is 21.8 Å². The minimum Gasteiger partial charge on any atom is -0.352 e. The van der Waals surface area contributed by atoms with Gasteiger partial charge >= 0.3 is 0 Å². The van der Waals surface area contributed by atoms with Gasteiger partial charge in [0.05, 0.1) is 0 Å². The topological polar surface area (TPSA) is 29.1 Å². The van der Waals surface area contributed by atoms with E-state index in [4.69, 9.17) is 0 Å². The molecule has 0 aromatic heterocycles. The number of halogens is 2. The fourth-order valence-corrected chi connectivity index (χ4v) is 2.94. The molecular formula is C14H17BrFNO. The van der Waals surface area contributed by atoms with E-state index < -0.39 is 0 Å². The number of amides is 1. The largest absolute Gasteiger partial charge is 0.352 e. The maximum absolute atomic E-state index is 13.5. The summed E-state index contributed by atoms with van der Waals surface area (Å²) in [5.41, 5.74) is 0.517. The van der Waals surface area contributed by atoms with E-state index in [2.05, 4.69) is 28.2 Å². The summed E-state index contributed by atoms with van der Waals surface area (Å²) in [5.74, 6) is 0.315. The molecule has 1 aromatic rings. The maximum Gasteiger partial charge on any atom is 0.223 e. The Bertz CT molecular complexity index is 449. The minimum atomic E-state index is -0.280. The zero-order valence-electron chi connectivity index (χ0n) is 10.4. The summed E-state index contributed by atoms with van der Waals surface area (Å²) >= 11 is 3.30. The molecule has 1 saturated carbocycles. The van der Waals surface area contributed by atoms with Gasteiger partial charge in [-0.3, -0.25) is 4.79 Å². The summed E-state index contributed by atoms with van der Waals surface area (Å²) in [7, 11) is 0. The Labute approximate surface area is 115 Å². The Hall–Kier alpha value is -0.900. The highest BCUT2D eigenvalue weighted by molar-refractivity contribution is 9.10. The van der Waals surface area contributed by atoms with Gasteiger partial charge in [0.15, 0.2) is 0 Å². The Balaban J connectivity index is 1.95. The van der Waals surface area contributed by atoms with Crippen LogP contribution in [0.3, 0.4) is 0 Å². The van der Waals surface area contributed by atoms with Crippen LogP contribution in [0.4, 0.5) is 4.39 Å². The van der Waals surface area contributed by atoms with Crippen molar-refractivity contribution in [2.24, 2.45) is 11.8 Å². The third kappa shape index (κ3) is 3.10. The van der Waals surface area contributed by atoms with E-state index in [1.807, 2.05) is 0 Å². The summed E-state index contributed by atoms with van der Waals surface area (Å²) in [6, 6.07) is 4.76. The monoisotopic (exact) mass is 313 g/mol. The molecule has 1 aliphatic rings. The highest BCUT2D eigenvalue weighted by Gasteiger charge is 2.29. The molecule has 18 heavy (non-hydrogen) atoms. The highest BCUT2D eigenvalue weighted by Crippen LogP contribution is 2.31. The molecule has 98 valence electrons. The third-order valence-corrected chi connectivity index (χ3v) is 4.15. The van der Waals surface area contributed by atoms with E-state index in [-0.39, 0.29) is 24.2 Å². The number of hydrogen-bond donors (Lipinski definition) is 1. The zero-order chi connectivity index (χ0) is 13.1. The molecule has 1 N–H and O–H groups in total. The van der Waals surface area contributed by atoms with E-state index in [0.29, 0.717) is 11.5 Å². The van der Waals surface area contributed by atoms with Gasteiger partial charge < -0.3 is 5.32 Å². The standard InChI is InChI=1S/C14H17BrFNO/c1-9-3-2-4-12(9)14(18)17-8-10-7-11(15)5-6-13(10)16/h5-7,9,12H,2-4,8H2,1H3,(H,17,18). The smallest absolute Gasteiger partial charge is 0.223 e. The van der Waals surface area contributed by atoms with Crippen LogP contribution in [0.1, 0.15) is 31.7 Å². The normalized spacial score (nSPS) is 23.1. The van der Waals surface area contributed by atoms with Gasteiger partial charge in [0.1, 0.15) is 5.82 Å². The average Bonchev–Trinajstić information content (AvgIpc) is 2.76. The molecule has 1 fully saturated rings. The number of carbonyl (C=O) groups is 1. The molecule has 2 atom stereocenters. The number of carbonyl (C=O) groups excluding carboxylic acids is 1. The van der Waals surface area contributed by atoms with Gasteiger partial charge in [-0.05, 0) is 37.0 Å². The van der Waals surface area contributed by atoms with Gasteiger partial charge in [0, 0.05) is 22.5 Å². The molecule has 1 aliphatic carbocycles. The summed E-state index contributed by atoms with van der Waals surface area (Å²) < 4.78 is 14.3. The molecule has 0 saturated heterocycles. The van der Waals surface area contributed by atoms with Crippen LogP contribution in [-0.2, 0) is 11.3 Å². The van der Waals surface area contributed by atoms with Crippen LogP contribution in [0.15, 0.2) is 22.7 Å². The number of benzene rings is 1. The van der Waals surface area contributed by atoms with Crippen molar-refractivity contribution in [3.05, 3.63) is 34.1 Å². The van der Waals surface area contributed by atoms with Gasteiger partial charge in [0.2, 0.25) is 5.91 Å². The van der Waals surface area contributed by atoms with Gasteiger partial charge in [-0.15, -0.1) is 0 Å². The van der Waals surface area contributed by atoms with Crippen molar-refractivity contribution in [1.29, 1.82) is 0 Å². The van der Waals surface area contributed by atoms with Gasteiger partial charge in [-0.2, -0.15) is 0 Å². The van der Waals surface area contributed by atoms with E-state index in [9.17, 15) is 9.18 Å². The average molecular weight is 314 g/mol. The first-order valence-electron chi connectivity index (χ1n) is 6.29. The summed E-state index contributed by atoms with van der Waals surface area (Å²) in [6.45, 7) is 2.37. The third-order valence-electron chi connectivity index (χ3n) is 3.66. The summed E-state index contributed by atoms with van der Waals surface area (Å²) in [4.78, 5) is 12.0. The molecular weight excluding hydrogens is 297 g/mol. The van der Waals surface area contributed by atoms with Crippen LogP contribution in [0.5, 0.6) is 0 Å². The van der Waals surface area contributed by atoms with E-state index >= 15 is 0 Å². The second kappa shape index (κ2) is 5.83. The SMILES string of the molecule is CC1CCCC1C(=O)NCc1cc(Br)ccc1F. The van der Waals surface area contributed by atoms with Crippen LogP contribution in [-0.4, -0.2) is 5.91 Å². The van der Waals surface area contributed by atoms with Gasteiger partial charge in [-0.25, -0.2) is 4.39 Å². The van der Waals surface area contributed by atoms with Crippen molar-refractivity contribution in [2.75, 3.05) is 0 Å². The van der Waals surface area contributed by atoms with Crippen molar-refractivity contribution in [2.45, 2.75) is 32.7 Å². The first-order valence-corrected chi connectivity index (χ1v) is 7.09. The molecule has 0 heterocycles. The molecule has 2 unspecified atom stereocenters. The Morgan fingerprint density at radius 1 is 1.50 bits per heavy atom. The molecule has 0 aliphatic heterocycles. The van der Waals surface area contributed by atoms with Crippen LogP contribution >= 0.6 is 15.9 Å². The van der Waals surface area contributed by atoms with Gasteiger partial charge in [0.25, 0.3) is 0 Å². The lowest BCUT2D eigenvalue weighted by Gasteiger charge is -2.15. The van der Waals surface area contributed by atoms with Crippen molar-refractivity contribution in [1.82, 2.24) is 5.32 Å². The minimum absolute atomic E-state index is 0.0550. The number of nitrogens with one attached hydrogen (secondary N) is 1. The fourth-order valence-electron chi connectivity index (χ4n) is 2.53. The second-order valence-corrected chi connectivity index (χ2v) is 5.88. The lowest BCUT2D eigenvalue weighted by atomic mass is 9.97. The number of rotatable bonds is 3. The molecule has 0 radical (unpaired) electrons.